The third-order valence-corrected chi connectivity index (χ3v) is 6.11. The second-order valence-electron chi connectivity index (χ2n) is 7.95. The molecule has 1 aliphatic carbocycles. The summed E-state index contributed by atoms with van der Waals surface area (Å²) in [5.74, 6) is 0.437. The molecule has 0 saturated heterocycles. The predicted octanol–water partition coefficient (Wildman–Crippen LogP) is 7.50. The van der Waals surface area contributed by atoms with Crippen LogP contribution < -0.4 is 4.74 Å². The molecule has 3 nitrogen and oxygen atoms in total. The van der Waals surface area contributed by atoms with Gasteiger partial charge in [-0.05, 0) is 73.1 Å². The zero-order valence-electron chi connectivity index (χ0n) is 18.5. The average Bonchev–Trinajstić information content (AvgIpc) is 3.29. The molecule has 0 fully saturated rings. The molecule has 0 saturated carbocycles. The number of rotatable bonds is 7. The molecule has 4 rings (SSSR count). The lowest BCUT2D eigenvalue weighted by atomic mass is 9.94. The number of ether oxygens (including phenoxy) is 2. The highest BCUT2D eigenvalue weighted by atomic mass is 35.5. The fourth-order valence-corrected chi connectivity index (χ4v) is 4.45. The maximum atomic E-state index is 12.4. The maximum absolute atomic E-state index is 12.4. The van der Waals surface area contributed by atoms with E-state index in [1.54, 1.807) is 0 Å². The van der Waals surface area contributed by atoms with Crippen LogP contribution in [0.15, 0.2) is 66.7 Å². The van der Waals surface area contributed by atoms with Gasteiger partial charge in [-0.1, -0.05) is 66.2 Å². The summed E-state index contributed by atoms with van der Waals surface area (Å²) in [5.41, 5.74) is 7.18. The Morgan fingerprint density at radius 3 is 2.53 bits per heavy atom. The third-order valence-electron chi connectivity index (χ3n) is 5.82. The minimum absolute atomic E-state index is 0.276. The van der Waals surface area contributed by atoms with E-state index in [4.69, 9.17) is 21.1 Å². The second kappa shape index (κ2) is 10.1. The number of allylic oxidation sites excluding steroid dienone is 2. The molecule has 0 N–H and O–H groups in total. The molecule has 3 aromatic rings. The van der Waals surface area contributed by atoms with Crippen molar-refractivity contribution in [2.24, 2.45) is 0 Å². The Bertz CT molecular complexity index is 1150. The van der Waals surface area contributed by atoms with Crippen LogP contribution in [0.3, 0.4) is 0 Å². The van der Waals surface area contributed by atoms with Crippen LogP contribution in [-0.4, -0.2) is 12.6 Å². The summed E-state index contributed by atoms with van der Waals surface area (Å²) in [6, 6.07) is 22.0. The molecule has 0 unspecified atom stereocenters. The van der Waals surface area contributed by atoms with Crippen molar-refractivity contribution in [3.8, 4) is 5.75 Å². The van der Waals surface area contributed by atoms with Crippen molar-refractivity contribution in [3.63, 3.8) is 0 Å². The number of carbonyl (C=O) groups excluding carboxylic acids is 1. The van der Waals surface area contributed by atoms with E-state index < -0.39 is 0 Å². The van der Waals surface area contributed by atoms with E-state index in [1.807, 2.05) is 68.4 Å². The van der Waals surface area contributed by atoms with Gasteiger partial charge in [-0.15, -0.1) is 0 Å². The van der Waals surface area contributed by atoms with Gasteiger partial charge >= 0.3 is 5.97 Å². The molecule has 0 bridgehead atoms. The fourth-order valence-electron chi connectivity index (χ4n) is 4.22. The van der Waals surface area contributed by atoms with E-state index in [1.165, 1.54) is 11.1 Å². The van der Waals surface area contributed by atoms with Crippen molar-refractivity contribution in [2.75, 3.05) is 6.61 Å². The van der Waals surface area contributed by atoms with Gasteiger partial charge in [0.15, 0.2) is 0 Å². The van der Waals surface area contributed by atoms with Gasteiger partial charge in [-0.25, -0.2) is 4.79 Å². The van der Waals surface area contributed by atoms with Crippen LogP contribution in [-0.2, 0) is 11.3 Å². The van der Waals surface area contributed by atoms with Crippen LogP contribution in [0.2, 0.25) is 5.02 Å². The van der Waals surface area contributed by atoms with Crippen LogP contribution >= 0.6 is 11.6 Å². The number of hydrogen-bond acceptors (Lipinski definition) is 3. The van der Waals surface area contributed by atoms with Gasteiger partial charge in [-0.2, -0.15) is 0 Å². The summed E-state index contributed by atoms with van der Waals surface area (Å²) in [5, 5.41) is 0.605. The first-order chi connectivity index (χ1) is 15.6. The van der Waals surface area contributed by atoms with Crippen molar-refractivity contribution in [3.05, 3.63) is 99.6 Å². The van der Waals surface area contributed by atoms with Crippen molar-refractivity contribution in [1.29, 1.82) is 0 Å². The van der Waals surface area contributed by atoms with Gasteiger partial charge in [0.25, 0.3) is 0 Å². The number of hydrogen-bond donors (Lipinski definition) is 0. The van der Waals surface area contributed by atoms with Gasteiger partial charge in [0.2, 0.25) is 0 Å². The van der Waals surface area contributed by atoms with E-state index in [9.17, 15) is 4.79 Å². The predicted molar refractivity (Wildman–Crippen MR) is 130 cm³/mol. The topological polar surface area (TPSA) is 35.5 Å². The van der Waals surface area contributed by atoms with Gasteiger partial charge < -0.3 is 9.47 Å². The number of carbonyl (C=O) groups is 1. The highest BCUT2D eigenvalue weighted by molar-refractivity contribution is 6.32. The van der Waals surface area contributed by atoms with Gasteiger partial charge in [0, 0.05) is 5.56 Å². The number of esters is 1. The highest BCUT2D eigenvalue weighted by Crippen LogP contribution is 2.45. The number of benzene rings is 3. The summed E-state index contributed by atoms with van der Waals surface area (Å²) in [4.78, 5) is 12.4. The SMILES string of the molecule is CCOC(=O)c1cc(C2=C(c3cccc(Cl)c3OCc3ccccc3)CCC2)ccc1C. The minimum Gasteiger partial charge on any atom is -0.487 e. The molecule has 0 heterocycles. The van der Waals surface area contributed by atoms with Crippen LogP contribution in [0.5, 0.6) is 5.75 Å². The molecule has 4 heteroatoms. The van der Waals surface area contributed by atoms with Crippen molar-refractivity contribution >= 4 is 28.7 Å². The number of halogens is 1. The Kier molecular flexibility index (Phi) is 6.96. The molecule has 0 aliphatic heterocycles. The summed E-state index contributed by atoms with van der Waals surface area (Å²) < 4.78 is 11.5. The summed E-state index contributed by atoms with van der Waals surface area (Å²) in [6.45, 7) is 4.58. The Morgan fingerprint density at radius 2 is 1.75 bits per heavy atom. The van der Waals surface area contributed by atoms with Gasteiger partial charge in [-0.3, -0.25) is 0 Å². The number of aryl methyl sites for hydroxylation is 1. The molecule has 0 radical (unpaired) electrons. The first kappa shape index (κ1) is 22.2. The van der Waals surface area contributed by atoms with E-state index in [-0.39, 0.29) is 5.97 Å². The zero-order valence-corrected chi connectivity index (χ0v) is 19.2. The standard InChI is InChI=1S/C28H27ClO3/c1-3-31-28(30)25-17-21(16-15-19(25)2)22-11-7-12-23(22)24-13-8-14-26(29)27(24)32-18-20-9-5-4-6-10-20/h4-6,8-10,13-17H,3,7,11-12,18H2,1-2H3. The third kappa shape index (κ3) is 4.73. The molecule has 32 heavy (non-hydrogen) atoms. The highest BCUT2D eigenvalue weighted by Gasteiger charge is 2.23. The normalized spacial score (nSPS) is 13.3. The van der Waals surface area contributed by atoms with Crippen LogP contribution in [0.25, 0.3) is 11.1 Å². The minimum atomic E-state index is -0.276. The molecule has 0 aromatic heterocycles. The zero-order chi connectivity index (χ0) is 22.5. The smallest absolute Gasteiger partial charge is 0.338 e. The van der Waals surface area contributed by atoms with Crippen molar-refractivity contribution in [1.82, 2.24) is 0 Å². The second-order valence-corrected chi connectivity index (χ2v) is 8.36. The molecule has 3 aromatic carbocycles. The van der Waals surface area contributed by atoms with Crippen LogP contribution in [0.4, 0.5) is 0 Å². The summed E-state index contributed by atoms with van der Waals surface area (Å²) >= 11 is 6.58. The monoisotopic (exact) mass is 446 g/mol. The number of para-hydroxylation sites is 1. The molecule has 0 atom stereocenters. The molecule has 0 spiro atoms. The van der Waals surface area contributed by atoms with Gasteiger partial charge in [0.1, 0.15) is 12.4 Å². The van der Waals surface area contributed by atoms with Crippen molar-refractivity contribution in [2.45, 2.75) is 39.7 Å². The summed E-state index contributed by atoms with van der Waals surface area (Å²) in [6.07, 6.45) is 2.95. The lowest BCUT2D eigenvalue weighted by molar-refractivity contribution is 0.0525. The van der Waals surface area contributed by atoms with E-state index in [0.717, 1.165) is 41.5 Å². The lowest BCUT2D eigenvalue weighted by Gasteiger charge is -2.16. The Labute approximate surface area is 194 Å². The van der Waals surface area contributed by atoms with E-state index in [0.29, 0.717) is 29.5 Å². The Balaban J connectivity index is 1.72. The van der Waals surface area contributed by atoms with Crippen molar-refractivity contribution < 1.29 is 14.3 Å². The average molecular weight is 447 g/mol. The fraction of sp³-hybridized carbons (Fsp3) is 0.250. The van der Waals surface area contributed by atoms with Crippen LogP contribution in [0.1, 0.15) is 58.8 Å². The first-order valence-corrected chi connectivity index (χ1v) is 11.4. The molecular weight excluding hydrogens is 420 g/mol. The van der Waals surface area contributed by atoms with Crippen LogP contribution in [0, 0.1) is 6.92 Å². The summed E-state index contributed by atoms with van der Waals surface area (Å²) in [7, 11) is 0. The Morgan fingerprint density at radius 1 is 0.969 bits per heavy atom. The largest absolute Gasteiger partial charge is 0.487 e. The first-order valence-electron chi connectivity index (χ1n) is 11.0. The molecular formula is C28H27ClO3. The van der Waals surface area contributed by atoms with Gasteiger partial charge in [0.05, 0.1) is 17.2 Å². The quantitative estimate of drug-likeness (QED) is 0.352. The van der Waals surface area contributed by atoms with E-state index in [2.05, 4.69) is 12.1 Å². The van der Waals surface area contributed by atoms with E-state index >= 15 is 0 Å². The Hall–Kier alpha value is -3.04. The lowest BCUT2D eigenvalue weighted by Crippen LogP contribution is -2.07. The molecule has 0 amide bonds. The molecule has 164 valence electrons. The maximum Gasteiger partial charge on any atom is 0.338 e. The molecule has 1 aliphatic rings.